The van der Waals surface area contributed by atoms with E-state index in [9.17, 15) is 18.0 Å². The molecule has 1 saturated heterocycles. The number of oxazole rings is 1. The number of nitrogens with zero attached hydrogens (tertiary/aromatic N) is 5. The molecule has 0 aromatic carbocycles. The molecule has 0 atom stereocenters. The second-order valence-electron chi connectivity index (χ2n) is 9.33. The van der Waals surface area contributed by atoms with Crippen molar-refractivity contribution in [2.45, 2.75) is 65.0 Å². The summed E-state index contributed by atoms with van der Waals surface area (Å²) in [7, 11) is 0. The number of halogens is 3. The van der Waals surface area contributed by atoms with Gasteiger partial charge in [-0.15, -0.1) is 0 Å². The fourth-order valence-electron chi connectivity index (χ4n) is 4.02. The second-order valence-corrected chi connectivity index (χ2v) is 9.33. The van der Waals surface area contributed by atoms with E-state index in [1.54, 1.807) is 24.8 Å². The number of aryl methyl sites for hydroxylation is 2. The summed E-state index contributed by atoms with van der Waals surface area (Å²) in [4.78, 5) is 23.1. The number of hydrogen-bond acceptors (Lipinski definition) is 5. The van der Waals surface area contributed by atoms with Crippen LogP contribution in [-0.2, 0) is 11.6 Å². The van der Waals surface area contributed by atoms with Crippen molar-refractivity contribution < 1.29 is 22.4 Å². The fourth-order valence-corrected chi connectivity index (χ4v) is 4.02. The number of fused-ring (bicyclic) bond motifs is 1. The summed E-state index contributed by atoms with van der Waals surface area (Å²) >= 11 is 0. The first-order chi connectivity index (χ1) is 14.8. The molecule has 0 saturated carbocycles. The van der Waals surface area contributed by atoms with Crippen LogP contribution in [0.25, 0.3) is 5.65 Å². The highest BCUT2D eigenvalue weighted by Crippen LogP contribution is 2.35. The highest BCUT2D eigenvalue weighted by molar-refractivity contribution is 5.92. The third-order valence-electron chi connectivity index (χ3n) is 5.80. The van der Waals surface area contributed by atoms with E-state index in [2.05, 4.69) is 15.1 Å². The Kier molecular flexibility index (Phi) is 5.29. The van der Waals surface area contributed by atoms with Crippen molar-refractivity contribution in [3.05, 3.63) is 46.6 Å². The van der Waals surface area contributed by atoms with Crippen LogP contribution in [0.5, 0.6) is 0 Å². The number of aromatic nitrogens is 4. The van der Waals surface area contributed by atoms with Gasteiger partial charge in [0.2, 0.25) is 5.76 Å². The zero-order chi connectivity index (χ0) is 23.4. The van der Waals surface area contributed by atoms with Crippen LogP contribution in [0.3, 0.4) is 0 Å². The number of rotatable bonds is 2. The summed E-state index contributed by atoms with van der Waals surface area (Å²) in [6.45, 7) is 9.89. The Bertz CT molecular complexity index is 1160. The van der Waals surface area contributed by atoms with Gasteiger partial charge in [0, 0.05) is 43.1 Å². The summed E-state index contributed by atoms with van der Waals surface area (Å²) in [5.74, 6) is 0.212. The molecule has 0 unspecified atom stereocenters. The molecular weight excluding hydrogens is 423 g/mol. The predicted molar refractivity (Wildman–Crippen MR) is 111 cm³/mol. The average Bonchev–Trinajstić information content (AvgIpc) is 3.28. The van der Waals surface area contributed by atoms with Crippen molar-refractivity contribution in [2.24, 2.45) is 0 Å². The molecule has 3 aromatic rings. The van der Waals surface area contributed by atoms with E-state index in [0.717, 1.165) is 10.6 Å². The summed E-state index contributed by atoms with van der Waals surface area (Å²) in [5.41, 5.74) is 0.409. The lowest BCUT2D eigenvalue weighted by Crippen LogP contribution is -2.38. The van der Waals surface area contributed by atoms with E-state index in [4.69, 9.17) is 4.42 Å². The van der Waals surface area contributed by atoms with Crippen LogP contribution in [0.1, 0.15) is 78.8 Å². The molecule has 1 amide bonds. The summed E-state index contributed by atoms with van der Waals surface area (Å²) < 4.78 is 47.7. The summed E-state index contributed by atoms with van der Waals surface area (Å²) in [6.07, 6.45) is -3.53. The van der Waals surface area contributed by atoms with Gasteiger partial charge in [0.25, 0.3) is 5.91 Å². The minimum absolute atomic E-state index is 0.185. The monoisotopic (exact) mass is 449 g/mol. The molecule has 1 fully saturated rings. The molecule has 10 heteroatoms. The molecule has 0 spiro atoms. The second kappa shape index (κ2) is 7.60. The Morgan fingerprint density at radius 3 is 2.28 bits per heavy atom. The van der Waals surface area contributed by atoms with E-state index in [1.807, 2.05) is 20.8 Å². The zero-order valence-electron chi connectivity index (χ0n) is 18.7. The largest absolute Gasteiger partial charge is 0.436 e. The number of likely N-dealkylation sites (tertiary alicyclic amines) is 1. The first kappa shape index (κ1) is 22.3. The van der Waals surface area contributed by atoms with Crippen LogP contribution in [0, 0.1) is 13.8 Å². The highest BCUT2D eigenvalue weighted by Gasteiger charge is 2.37. The Morgan fingerprint density at radius 1 is 1.09 bits per heavy atom. The third-order valence-corrected chi connectivity index (χ3v) is 5.80. The molecule has 7 nitrogen and oxygen atoms in total. The first-order valence-corrected chi connectivity index (χ1v) is 10.6. The van der Waals surface area contributed by atoms with Crippen LogP contribution in [0.4, 0.5) is 13.2 Å². The highest BCUT2D eigenvalue weighted by atomic mass is 19.4. The standard InChI is InChI=1S/C22H26F3N5O2/c1-12-19(32-13(2)26-12)20(31)29-8-6-14(7-9-29)15-10-17(22(23,24)25)30-18(27-15)11-16(28-30)21(3,4)5/h10-11,14H,6-9H2,1-5H3. The molecule has 0 radical (unpaired) electrons. The number of alkyl halides is 3. The van der Waals surface area contributed by atoms with Gasteiger partial charge in [-0.3, -0.25) is 4.79 Å². The van der Waals surface area contributed by atoms with Crippen LogP contribution >= 0.6 is 0 Å². The van der Waals surface area contributed by atoms with Gasteiger partial charge in [0.15, 0.2) is 11.5 Å². The maximum Gasteiger partial charge on any atom is 0.433 e. The Balaban J connectivity index is 1.60. The molecule has 32 heavy (non-hydrogen) atoms. The molecule has 172 valence electrons. The van der Waals surface area contributed by atoms with Gasteiger partial charge < -0.3 is 9.32 Å². The van der Waals surface area contributed by atoms with Gasteiger partial charge in [0.05, 0.1) is 11.4 Å². The minimum Gasteiger partial charge on any atom is -0.436 e. The fraction of sp³-hybridized carbons (Fsp3) is 0.545. The molecule has 0 bridgehead atoms. The van der Waals surface area contributed by atoms with Crippen molar-refractivity contribution in [3.8, 4) is 0 Å². The topological polar surface area (TPSA) is 76.5 Å². The Labute approximate surface area is 183 Å². The van der Waals surface area contributed by atoms with Crippen molar-refractivity contribution in [1.82, 2.24) is 24.5 Å². The van der Waals surface area contributed by atoms with Crippen molar-refractivity contribution in [3.63, 3.8) is 0 Å². The Morgan fingerprint density at radius 2 is 1.75 bits per heavy atom. The lowest BCUT2D eigenvalue weighted by Gasteiger charge is -2.31. The third kappa shape index (κ3) is 4.10. The Hall–Kier alpha value is -2.91. The SMILES string of the molecule is Cc1nc(C)c(C(=O)N2CCC(c3cc(C(F)(F)F)n4nc(C(C)(C)C)cc4n3)CC2)o1. The van der Waals surface area contributed by atoms with E-state index < -0.39 is 17.3 Å². The summed E-state index contributed by atoms with van der Waals surface area (Å²) in [6, 6.07) is 2.71. The van der Waals surface area contributed by atoms with Crippen LogP contribution in [0.2, 0.25) is 0 Å². The summed E-state index contributed by atoms with van der Waals surface area (Å²) in [5, 5.41) is 4.18. The van der Waals surface area contributed by atoms with Gasteiger partial charge in [-0.25, -0.2) is 14.5 Å². The molecule has 0 N–H and O–H groups in total. The van der Waals surface area contributed by atoms with E-state index in [-0.39, 0.29) is 23.2 Å². The predicted octanol–water partition coefficient (Wildman–Crippen LogP) is 4.67. The van der Waals surface area contributed by atoms with E-state index in [0.29, 0.717) is 48.9 Å². The molecule has 4 rings (SSSR count). The number of piperidine rings is 1. The quantitative estimate of drug-likeness (QED) is 0.568. The first-order valence-electron chi connectivity index (χ1n) is 10.6. The molecular formula is C22H26F3N5O2. The zero-order valence-corrected chi connectivity index (χ0v) is 18.7. The van der Waals surface area contributed by atoms with E-state index >= 15 is 0 Å². The maximum absolute atomic E-state index is 13.8. The lowest BCUT2D eigenvalue weighted by atomic mass is 9.92. The van der Waals surface area contributed by atoms with Gasteiger partial charge in [-0.05, 0) is 25.8 Å². The number of hydrogen-bond donors (Lipinski definition) is 0. The van der Waals surface area contributed by atoms with E-state index in [1.165, 1.54) is 0 Å². The maximum atomic E-state index is 13.8. The van der Waals surface area contributed by atoms with Gasteiger partial charge >= 0.3 is 6.18 Å². The smallest absolute Gasteiger partial charge is 0.433 e. The molecule has 4 heterocycles. The number of carbonyl (C=O) groups excluding carboxylic acids is 1. The number of carbonyl (C=O) groups is 1. The molecule has 3 aromatic heterocycles. The lowest BCUT2D eigenvalue weighted by molar-refractivity contribution is -0.142. The van der Waals surface area contributed by atoms with Crippen LogP contribution in [-0.4, -0.2) is 43.5 Å². The minimum atomic E-state index is -4.56. The van der Waals surface area contributed by atoms with Crippen molar-refractivity contribution in [2.75, 3.05) is 13.1 Å². The van der Waals surface area contributed by atoms with Gasteiger partial charge in [0.1, 0.15) is 5.69 Å². The van der Waals surface area contributed by atoms with Crippen LogP contribution < -0.4 is 0 Å². The average molecular weight is 449 g/mol. The van der Waals surface area contributed by atoms with Gasteiger partial charge in [-0.1, -0.05) is 20.8 Å². The molecule has 0 aliphatic carbocycles. The molecule has 1 aliphatic heterocycles. The van der Waals surface area contributed by atoms with Gasteiger partial charge in [-0.2, -0.15) is 18.3 Å². The van der Waals surface area contributed by atoms with Crippen molar-refractivity contribution >= 4 is 11.6 Å². The molecule has 1 aliphatic rings. The number of amides is 1. The normalized spacial score (nSPS) is 16.2. The van der Waals surface area contributed by atoms with Crippen molar-refractivity contribution in [1.29, 1.82) is 0 Å². The van der Waals surface area contributed by atoms with Crippen LogP contribution in [0.15, 0.2) is 16.5 Å².